The van der Waals surface area contributed by atoms with Gasteiger partial charge in [-0.15, -0.1) is 0 Å². The van der Waals surface area contributed by atoms with Crippen LogP contribution in [0.1, 0.15) is 30.4 Å². The summed E-state index contributed by atoms with van der Waals surface area (Å²) in [7, 11) is 3.23. The molecule has 0 atom stereocenters. The van der Waals surface area contributed by atoms with E-state index < -0.39 is 0 Å². The molecular formula is C21H28N2O4. The number of benzene rings is 1. The average Bonchev–Trinajstić information content (AvgIpc) is 2.72. The number of nitrogens with zero attached hydrogens (tertiary/aromatic N) is 2. The molecule has 27 heavy (non-hydrogen) atoms. The topological polar surface area (TPSA) is 55.2 Å². The highest BCUT2D eigenvalue weighted by molar-refractivity contribution is 5.89. The highest BCUT2D eigenvalue weighted by Gasteiger charge is 2.25. The SMILES string of the molecule is COc1cc(OC)c2c3c(c(=O)oc2c1)CN(CCN1CCCCC1)CC3. The summed E-state index contributed by atoms with van der Waals surface area (Å²) in [6.45, 7) is 6.09. The van der Waals surface area contributed by atoms with Gasteiger partial charge in [0.05, 0.1) is 25.2 Å². The minimum absolute atomic E-state index is 0.240. The molecule has 6 nitrogen and oxygen atoms in total. The Morgan fingerprint density at radius 3 is 2.48 bits per heavy atom. The van der Waals surface area contributed by atoms with E-state index in [0.717, 1.165) is 42.6 Å². The molecule has 2 aliphatic rings. The van der Waals surface area contributed by atoms with Crippen molar-refractivity contribution < 1.29 is 13.9 Å². The monoisotopic (exact) mass is 372 g/mol. The second-order valence-electron chi connectivity index (χ2n) is 7.48. The number of fused-ring (bicyclic) bond motifs is 3. The number of hydrogen-bond donors (Lipinski definition) is 0. The van der Waals surface area contributed by atoms with Gasteiger partial charge in [-0.25, -0.2) is 4.79 Å². The van der Waals surface area contributed by atoms with Crippen LogP contribution in [0.4, 0.5) is 0 Å². The smallest absolute Gasteiger partial charge is 0.341 e. The van der Waals surface area contributed by atoms with Gasteiger partial charge in [0.2, 0.25) is 0 Å². The van der Waals surface area contributed by atoms with E-state index in [-0.39, 0.29) is 5.63 Å². The molecule has 146 valence electrons. The molecule has 0 saturated carbocycles. The van der Waals surface area contributed by atoms with Crippen molar-refractivity contribution in [2.24, 2.45) is 0 Å². The molecule has 0 N–H and O–H groups in total. The highest BCUT2D eigenvalue weighted by atomic mass is 16.5. The lowest BCUT2D eigenvalue weighted by Gasteiger charge is -2.32. The second-order valence-corrected chi connectivity index (χ2v) is 7.48. The van der Waals surface area contributed by atoms with Gasteiger partial charge in [0.15, 0.2) is 0 Å². The van der Waals surface area contributed by atoms with E-state index in [1.165, 1.54) is 32.4 Å². The number of hydrogen-bond acceptors (Lipinski definition) is 6. The van der Waals surface area contributed by atoms with Crippen molar-refractivity contribution >= 4 is 11.0 Å². The van der Waals surface area contributed by atoms with Crippen LogP contribution in [0.25, 0.3) is 11.0 Å². The van der Waals surface area contributed by atoms with Crippen LogP contribution < -0.4 is 15.1 Å². The maximum atomic E-state index is 12.6. The molecule has 3 heterocycles. The molecule has 1 fully saturated rings. The Balaban J connectivity index is 1.59. The Kier molecular flexibility index (Phi) is 5.36. The predicted octanol–water partition coefficient (Wildman–Crippen LogP) is 2.65. The fraction of sp³-hybridized carbons (Fsp3) is 0.571. The molecule has 0 unspecified atom stereocenters. The van der Waals surface area contributed by atoms with Crippen LogP contribution in [0, 0.1) is 0 Å². The molecule has 0 bridgehead atoms. The zero-order valence-corrected chi connectivity index (χ0v) is 16.3. The Bertz CT molecular complexity index is 871. The molecule has 1 saturated heterocycles. The average molecular weight is 372 g/mol. The molecule has 1 aromatic carbocycles. The van der Waals surface area contributed by atoms with Gasteiger partial charge in [-0.3, -0.25) is 4.90 Å². The van der Waals surface area contributed by atoms with E-state index in [2.05, 4.69) is 9.80 Å². The number of rotatable bonds is 5. The number of likely N-dealkylation sites (tertiary alicyclic amines) is 1. The van der Waals surface area contributed by atoms with E-state index in [0.29, 0.717) is 23.6 Å². The van der Waals surface area contributed by atoms with Crippen LogP contribution in [0.3, 0.4) is 0 Å². The lowest BCUT2D eigenvalue weighted by Crippen LogP contribution is -2.41. The lowest BCUT2D eigenvalue weighted by atomic mass is 9.96. The third kappa shape index (κ3) is 3.69. The molecular weight excluding hydrogens is 344 g/mol. The van der Waals surface area contributed by atoms with Crippen molar-refractivity contribution in [3.8, 4) is 11.5 Å². The predicted molar refractivity (Wildman–Crippen MR) is 105 cm³/mol. The van der Waals surface area contributed by atoms with Gasteiger partial charge < -0.3 is 18.8 Å². The van der Waals surface area contributed by atoms with Crippen LogP contribution in [0.5, 0.6) is 11.5 Å². The molecule has 2 aliphatic heterocycles. The standard InChI is InChI=1S/C21H28N2O4/c1-25-15-12-18(26-2)20-16-6-9-23(11-10-22-7-4-3-5-8-22)14-17(16)21(24)27-19(20)13-15/h12-13H,3-11,14H2,1-2H3. The van der Waals surface area contributed by atoms with Gasteiger partial charge in [-0.05, 0) is 37.9 Å². The van der Waals surface area contributed by atoms with E-state index in [9.17, 15) is 4.79 Å². The first-order valence-corrected chi connectivity index (χ1v) is 9.85. The minimum atomic E-state index is -0.240. The summed E-state index contributed by atoms with van der Waals surface area (Å²) in [5.74, 6) is 1.33. The fourth-order valence-corrected chi connectivity index (χ4v) is 4.32. The molecule has 0 spiro atoms. The van der Waals surface area contributed by atoms with Crippen LogP contribution in [0.2, 0.25) is 0 Å². The zero-order chi connectivity index (χ0) is 18.8. The summed E-state index contributed by atoms with van der Waals surface area (Å²) >= 11 is 0. The largest absolute Gasteiger partial charge is 0.496 e. The normalized spacial score (nSPS) is 18.4. The van der Waals surface area contributed by atoms with Gasteiger partial charge >= 0.3 is 5.63 Å². The van der Waals surface area contributed by atoms with E-state index in [1.54, 1.807) is 20.3 Å². The van der Waals surface area contributed by atoms with Gasteiger partial charge in [0, 0.05) is 38.3 Å². The first kappa shape index (κ1) is 18.3. The van der Waals surface area contributed by atoms with Crippen molar-refractivity contribution in [3.05, 3.63) is 33.7 Å². The zero-order valence-electron chi connectivity index (χ0n) is 16.3. The Morgan fingerprint density at radius 2 is 1.74 bits per heavy atom. The molecule has 6 heteroatoms. The van der Waals surface area contributed by atoms with Crippen LogP contribution in [0.15, 0.2) is 21.3 Å². The highest BCUT2D eigenvalue weighted by Crippen LogP contribution is 2.35. The first-order valence-electron chi connectivity index (χ1n) is 9.85. The molecule has 0 aliphatic carbocycles. The van der Waals surface area contributed by atoms with Crippen molar-refractivity contribution in [2.45, 2.75) is 32.2 Å². The Morgan fingerprint density at radius 1 is 0.963 bits per heavy atom. The van der Waals surface area contributed by atoms with Crippen molar-refractivity contribution in [1.82, 2.24) is 9.80 Å². The van der Waals surface area contributed by atoms with Crippen LogP contribution >= 0.6 is 0 Å². The Hall–Kier alpha value is -2.05. The summed E-state index contributed by atoms with van der Waals surface area (Å²) in [5, 5.41) is 0.906. The van der Waals surface area contributed by atoms with Crippen molar-refractivity contribution in [3.63, 3.8) is 0 Å². The summed E-state index contributed by atoms with van der Waals surface area (Å²) in [6, 6.07) is 3.62. The summed E-state index contributed by atoms with van der Waals surface area (Å²) in [4.78, 5) is 17.6. The van der Waals surface area contributed by atoms with E-state index in [1.807, 2.05) is 6.07 Å². The summed E-state index contributed by atoms with van der Waals surface area (Å²) in [6.07, 6.45) is 4.80. The van der Waals surface area contributed by atoms with Crippen LogP contribution in [-0.4, -0.2) is 56.7 Å². The maximum absolute atomic E-state index is 12.6. The number of methoxy groups -OCH3 is 2. The molecule has 2 aromatic rings. The van der Waals surface area contributed by atoms with E-state index >= 15 is 0 Å². The fourth-order valence-electron chi connectivity index (χ4n) is 4.32. The molecule has 0 amide bonds. The molecule has 4 rings (SSSR count). The van der Waals surface area contributed by atoms with Gasteiger partial charge in [-0.2, -0.15) is 0 Å². The molecule has 0 radical (unpaired) electrons. The number of ether oxygens (including phenoxy) is 2. The summed E-state index contributed by atoms with van der Waals surface area (Å²) < 4.78 is 16.5. The van der Waals surface area contributed by atoms with Crippen molar-refractivity contribution in [2.75, 3.05) is 46.9 Å². The van der Waals surface area contributed by atoms with Crippen molar-refractivity contribution in [1.29, 1.82) is 0 Å². The van der Waals surface area contributed by atoms with Gasteiger partial charge in [0.25, 0.3) is 0 Å². The Labute approximate surface area is 159 Å². The minimum Gasteiger partial charge on any atom is -0.496 e. The second kappa shape index (κ2) is 7.90. The summed E-state index contributed by atoms with van der Waals surface area (Å²) in [5.41, 5.74) is 2.14. The van der Waals surface area contributed by atoms with Gasteiger partial charge in [-0.1, -0.05) is 6.42 Å². The van der Waals surface area contributed by atoms with Crippen LogP contribution in [-0.2, 0) is 13.0 Å². The lowest BCUT2D eigenvalue weighted by molar-refractivity contribution is 0.172. The third-order valence-corrected chi connectivity index (χ3v) is 5.85. The number of piperidine rings is 1. The third-order valence-electron chi connectivity index (χ3n) is 5.85. The van der Waals surface area contributed by atoms with Gasteiger partial charge in [0.1, 0.15) is 17.1 Å². The quantitative estimate of drug-likeness (QED) is 0.752. The van der Waals surface area contributed by atoms with E-state index in [4.69, 9.17) is 13.9 Å². The molecule has 1 aromatic heterocycles. The maximum Gasteiger partial charge on any atom is 0.341 e. The first-order chi connectivity index (χ1) is 13.2.